The molecule has 1 aliphatic carbocycles. The number of rotatable bonds is 3. The highest BCUT2D eigenvalue weighted by Gasteiger charge is 2.35. The van der Waals surface area contributed by atoms with Crippen molar-refractivity contribution < 1.29 is 19.2 Å². The summed E-state index contributed by atoms with van der Waals surface area (Å²) in [5.74, 6) is -0.262. The van der Waals surface area contributed by atoms with E-state index in [4.69, 9.17) is 0 Å². The molecular weight excluding hydrogens is 420 g/mol. The van der Waals surface area contributed by atoms with Crippen LogP contribution in [0, 0.1) is 11.3 Å². The first-order valence-electron chi connectivity index (χ1n) is 11.9. The van der Waals surface area contributed by atoms with Crippen molar-refractivity contribution in [1.29, 1.82) is 0 Å². The highest BCUT2D eigenvalue weighted by Crippen LogP contribution is 2.37. The molecule has 2 heterocycles. The molecule has 33 heavy (non-hydrogen) atoms. The summed E-state index contributed by atoms with van der Waals surface area (Å²) in [6.45, 7) is 7.92. The molecule has 8 heteroatoms. The monoisotopic (exact) mass is 454 g/mol. The lowest BCUT2D eigenvalue weighted by Crippen LogP contribution is -2.50. The third-order valence-corrected chi connectivity index (χ3v) is 7.38. The van der Waals surface area contributed by atoms with Gasteiger partial charge < -0.3 is 5.32 Å². The van der Waals surface area contributed by atoms with Crippen molar-refractivity contribution in [1.82, 2.24) is 20.9 Å². The average molecular weight is 455 g/mol. The number of benzene rings is 1. The number of piperidine rings is 1. The van der Waals surface area contributed by atoms with Crippen molar-refractivity contribution in [2.75, 3.05) is 0 Å². The minimum Gasteiger partial charge on any atom is -0.335 e. The molecular formula is C25H34N4O4. The molecule has 1 saturated carbocycles. The van der Waals surface area contributed by atoms with Gasteiger partial charge in [-0.25, -0.2) is 4.79 Å². The summed E-state index contributed by atoms with van der Waals surface area (Å²) in [6, 6.07) is 4.68. The predicted octanol–water partition coefficient (Wildman–Crippen LogP) is 2.85. The SMILES string of the molecule is CC(C)(C)C1CCC(NC(=O)NC(=O)c2ccc3c(c2)CN(C2CCC(=O)NC2=O)C3)CC1. The first-order chi connectivity index (χ1) is 15.6. The van der Waals surface area contributed by atoms with E-state index in [0.29, 0.717) is 37.4 Å². The second kappa shape index (κ2) is 9.25. The lowest BCUT2D eigenvalue weighted by atomic mass is 9.71. The lowest BCUT2D eigenvalue weighted by molar-refractivity contribution is -0.137. The summed E-state index contributed by atoms with van der Waals surface area (Å²) < 4.78 is 0. The summed E-state index contributed by atoms with van der Waals surface area (Å²) >= 11 is 0. The van der Waals surface area contributed by atoms with E-state index in [0.717, 1.165) is 36.8 Å². The number of carbonyl (C=O) groups is 4. The van der Waals surface area contributed by atoms with Crippen LogP contribution in [-0.2, 0) is 22.7 Å². The molecule has 1 unspecified atom stereocenters. The normalized spacial score (nSPS) is 25.8. The van der Waals surface area contributed by atoms with Crippen molar-refractivity contribution in [3.63, 3.8) is 0 Å². The molecule has 0 aromatic heterocycles. The molecule has 3 aliphatic rings. The van der Waals surface area contributed by atoms with Crippen LogP contribution in [-0.4, -0.2) is 40.7 Å². The largest absolute Gasteiger partial charge is 0.335 e. The summed E-state index contributed by atoms with van der Waals surface area (Å²) in [5.41, 5.74) is 2.72. The zero-order valence-electron chi connectivity index (χ0n) is 19.7. The number of hydrogen-bond acceptors (Lipinski definition) is 5. The minimum absolute atomic E-state index is 0.0958. The third kappa shape index (κ3) is 5.43. The Balaban J connectivity index is 1.29. The number of nitrogens with one attached hydrogen (secondary N) is 3. The van der Waals surface area contributed by atoms with Crippen LogP contribution in [0.4, 0.5) is 4.79 Å². The van der Waals surface area contributed by atoms with Crippen LogP contribution in [0.1, 0.15) is 80.8 Å². The minimum atomic E-state index is -0.454. The van der Waals surface area contributed by atoms with Gasteiger partial charge in [0.05, 0.1) is 6.04 Å². The standard InChI is InChI=1S/C25H34N4O4/c1-25(2,3)18-6-8-19(9-7-18)26-24(33)28-22(31)15-4-5-16-13-29(14-17(16)12-15)20-10-11-21(30)27-23(20)32/h4-5,12,18-20H,6-11,13-14H2,1-3H3,(H,27,30,32)(H2,26,28,31,33). The van der Waals surface area contributed by atoms with Gasteiger partial charge in [-0.1, -0.05) is 26.8 Å². The van der Waals surface area contributed by atoms with Crippen LogP contribution in [0.5, 0.6) is 0 Å². The van der Waals surface area contributed by atoms with E-state index in [1.54, 1.807) is 12.1 Å². The van der Waals surface area contributed by atoms with E-state index in [9.17, 15) is 19.2 Å². The van der Waals surface area contributed by atoms with Gasteiger partial charge in [0.2, 0.25) is 11.8 Å². The van der Waals surface area contributed by atoms with E-state index in [-0.39, 0.29) is 29.3 Å². The van der Waals surface area contributed by atoms with Crippen molar-refractivity contribution >= 4 is 23.8 Å². The Morgan fingerprint density at radius 1 is 1.00 bits per heavy atom. The number of nitrogens with zero attached hydrogens (tertiary/aromatic N) is 1. The first kappa shape index (κ1) is 23.4. The van der Waals surface area contributed by atoms with Gasteiger partial charge in [-0.2, -0.15) is 0 Å². The Bertz CT molecular complexity index is 960. The van der Waals surface area contributed by atoms with Crippen molar-refractivity contribution in [2.45, 2.75) is 84.5 Å². The van der Waals surface area contributed by atoms with Crippen molar-refractivity contribution in [3.05, 3.63) is 34.9 Å². The second-order valence-electron chi connectivity index (χ2n) is 10.7. The first-order valence-corrected chi connectivity index (χ1v) is 11.9. The smallest absolute Gasteiger partial charge is 0.321 e. The molecule has 1 aromatic carbocycles. The van der Waals surface area contributed by atoms with Gasteiger partial charge >= 0.3 is 6.03 Å². The van der Waals surface area contributed by atoms with Gasteiger partial charge in [0, 0.05) is 31.1 Å². The fourth-order valence-corrected chi connectivity index (χ4v) is 5.31. The Morgan fingerprint density at radius 3 is 2.36 bits per heavy atom. The molecule has 5 amide bonds. The zero-order chi connectivity index (χ0) is 23.8. The fraction of sp³-hybridized carbons (Fsp3) is 0.600. The van der Waals surface area contributed by atoms with Crippen molar-refractivity contribution in [3.8, 4) is 0 Å². The van der Waals surface area contributed by atoms with Gasteiger partial charge in [0.25, 0.3) is 5.91 Å². The molecule has 1 aromatic rings. The molecule has 0 spiro atoms. The zero-order valence-corrected chi connectivity index (χ0v) is 19.7. The van der Waals surface area contributed by atoms with Gasteiger partial charge in [0.1, 0.15) is 0 Å². The van der Waals surface area contributed by atoms with Gasteiger partial charge in [-0.15, -0.1) is 0 Å². The molecule has 3 N–H and O–H groups in total. The molecule has 2 aliphatic heterocycles. The van der Waals surface area contributed by atoms with Crippen LogP contribution < -0.4 is 16.0 Å². The lowest BCUT2D eigenvalue weighted by Gasteiger charge is -2.37. The summed E-state index contributed by atoms with van der Waals surface area (Å²) in [7, 11) is 0. The van der Waals surface area contributed by atoms with Gasteiger partial charge in [-0.05, 0) is 66.7 Å². The van der Waals surface area contributed by atoms with E-state index in [1.165, 1.54) is 0 Å². The number of amides is 5. The average Bonchev–Trinajstić information content (AvgIpc) is 3.16. The number of imide groups is 2. The highest BCUT2D eigenvalue weighted by atomic mass is 16.2. The molecule has 178 valence electrons. The molecule has 2 fully saturated rings. The van der Waals surface area contributed by atoms with Crippen LogP contribution in [0.2, 0.25) is 0 Å². The van der Waals surface area contributed by atoms with Crippen LogP contribution in [0.25, 0.3) is 0 Å². The molecule has 1 saturated heterocycles. The van der Waals surface area contributed by atoms with Gasteiger partial charge in [-0.3, -0.25) is 29.9 Å². The number of fused-ring (bicyclic) bond motifs is 1. The Hall–Kier alpha value is -2.74. The Kier molecular flexibility index (Phi) is 6.56. The van der Waals surface area contributed by atoms with E-state index < -0.39 is 11.9 Å². The fourth-order valence-electron chi connectivity index (χ4n) is 5.31. The second-order valence-corrected chi connectivity index (χ2v) is 10.7. The molecule has 0 bridgehead atoms. The van der Waals surface area contributed by atoms with E-state index in [1.807, 2.05) is 11.0 Å². The Labute approximate surface area is 194 Å². The van der Waals surface area contributed by atoms with Crippen LogP contribution >= 0.6 is 0 Å². The predicted molar refractivity (Wildman–Crippen MR) is 123 cm³/mol. The molecule has 1 atom stereocenters. The third-order valence-electron chi connectivity index (χ3n) is 7.38. The highest BCUT2D eigenvalue weighted by molar-refractivity contribution is 6.04. The van der Waals surface area contributed by atoms with Gasteiger partial charge in [0.15, 0.2) is 0 Å². The van der Waals surface area contributed by atoms with E-state index >= 15 is 0 Å². The summed E-state index contributed by atoms with van der Waals surface area (Å²) in [6.07, 6.45) is 4.86. The number of carbonyl (C=O) groups excluding carboxylic acids is 4. The van der Waals surface area contributed by atoms with Crippen LogP contribution in [0.3, 0.4) is 0 Å². The number of hydrogen-bond donors (Lipinski definition) is 3. The maximum absolute atomic E-state index is 12.7. The Morgan fingerprint density at radius 2 is 1.70 bits per heavy atom. The molecule has 0 radical (unpaired) electrons. The summed E-state index contributed by atoms with van der Waals surface area (Å²) in [5, 5.41) is 7.81. The van der Waals surface area contributed by atoms with E-state index in [2.05, 4.69) is 36.7 Å². The van der Waals surface area contributed by atoms with Crippen molar-refractivity contribution in [2.24, 2.45) is 11.3 Å². The molecule has 8 nitrogen and oxygen atoms in total. The maximum atomic E-state index is 12.7. The molecule has 4 rings (SSSR count). The van der Waals surface area contributed by atoms with Crippen LogP contribution in [0.15, 0.2) is 18.2 Å². The number of urea groups is 1. The summed E-state index contributed by atoms with van der Waals surface area (Å²) in [4.78, 5) is 50.7. The maximum Gasteiger partial charge on any atom is 0.321 e. The quantitative estimate of drug-likeness (QED) is 0.609. The topological polar surface area (TPSA) is 108 Å².